The van der Waals surface area contributed by atoms with Crippen molar-refractivity contribution >= 4 is 112 Å². The van der Waals surface area contributed by atoms with Crippen LogP contribution in [0, 0.1) is 0 Å². The molecule has 0 amide bonds. The number of hydrogen-bond acceptors (Lipinski definition) is 4. The zero-order valence-corrected chi connectivity index (χ0v) is 24.3. The van der Waals surface area contributed by atoms with Crippen molar-refractivity contribution in [2.75, 3.05) is 0 Å². The third-order valence-corrected chi connectivity index (χ3v) is 11.4. The first kappa shape index (κ1) is 22.5. The van der Waals surface area contributed by atoms with E-state index in [1.54, 1.807) is 0 Å². The molecule has 11 aromatic rings. The van der Waals surface area contributed by atoms with Gasteiger partial charge in [0.15, 0.2) is 5.65 Å². The molecule has 0 atom stereocenters. The second-order valence-corrected chi connectivity index (χ2v) is 13.5. The van der Waals surface area contributed by atoms with Gasteiger partial charge < -0.3 is 0 Å². The van der Waals surface area contributed by atoms with Crippen LogP contribution in [0.2, 0.25) is 0 Å². The molecule has 0 saturated heterocycles. The Hall–Kier alpha value is -5.10. The zero-order valence-electron chi connectivity index (χ0n) is 22.6. The molecule has 0 spiro atoms. The molecular weight excluding hydrogens is 563 g/mol. The molecule has 0 saturated carbocycles. The summed E-state index contributed by atoms with van der Waals surface area (Å²) >= 11 is 3.76. The molecule has 3 nitrogen and oxygen atoms in total. The van der Waals surface area contributed by atoms with Crippen LogP contribution in [0.5, 0.6) is 0 Å². The molecule has 0 bridgehead atoms. The van der Waals surface area contributed by atoms with E-state index >= 15 is 0 Å². The van der Waals surface area contributed by atoms with E-state index in [-0.39, 0.29) is 0 Å². The molecule has 11 rings (SSSR count). The van der Waals surface area contributed by atoms with E-state index in [9.17, 15) is 0 Å². The van der Waals surface area contributed by atoms with Crippen LogP contribution in [-0.4, -0.2) is 14.4 Å². The van der Waals surface area contributed by atoms with Crippen LogP contribution in [-0.2, 0) is 0 Å². The smallest absolute Gasteiger partial charge is 0.165 e. The Morgan fingerprint density at radius 3 is 2.02 bits per heavy atom. The fraction of sp³-hybridized carbons (Fsp3) is 0. The largest absolute Gasteiger partial charge is 0.291 e. The maximum absolute atomic E-state index is 5.20. The van der Waals surface area contributed by atoms with Crippen molar-refractivity contribution in [3.05, 3.63) is 115 Å². The molecule has 0 fully saturated rings. The van der Waals surface area contributed by atoms with Crippen LogP contribution in [0.25, 0.3) is 101 Å². The number of para-hydroxylation sites is 2. The molecule has 0 radical (unpaired) electrons. The number of thiophene rings is 2. The van der Waals surface area contributed by atoms with Gasteiger partial charge in [-0.2, -0.15) is 0 Å². The minimum Gasteiger partial charge on any atom is -0.291 e. The highest BCUT2D eigenvalue weighted by Gasteiger charge is 2.24. The second-order valence-electron chi connectivity index (χ2n) is 11.4. The van der Waals surface area contributed by atoms with Gasteiger partial charge in [-0.15, -0.1) is 22.7 Å². The lowest BCUT2D eigenvalue weighted by Gasteiger charge is -2.05. The van der Waals surface area contributed by atoms with E-state index in [0.29, 0.717) is 0 Å². The maximum Gasteiger partial charge on any atom is 0.165 e. The van der Waals surface area contributed by atoms with Crippen molar-refractivity contribution in [2.24, 2.45) is 0 Å². The summed E-state index contributed by atoms with van der Waals surface area (Å²) in [6.07, 6.45) is 0. The number of nitrogens with zero attached hydrogens (tertiary/aromatic N) is 3. The van der Waals surface area contributed by atoms with E-state index in [4.69, 9.17) is 9.97 Å². The predicted octanol–water partition coefficient (Wildman–Crippen LogP) is 11.2. The second kappa shape index (κ2) is 7.84. The van der Waals surface area contributed by atoms with Crippen molar-refractivity contribution in [2.45, 2.75) is 0 Å². The van der Waals surface area contributed by atoms with E-state index in [1.807, 2.05) is 34.8 Å². The molecule has 43 heavy (non-hydrogen) atoms. The first-order valence-corrected chi connectivity index (χ1v) is 16.1. The maximum atomic E-state index is 5.20. The summed E-state index contributed by atoms with van der Waals surface area (Å²) < 4.78 is 7.67. The quantitative estimate of drug-likeness (QED) is 0.193. The molecule has 0 aliphatic carbocycles. The topological polar surface area (TPSA) is 30.2 Å². The van der Waals surface area contributed by atoms with Gasteiger partial charge in [0, 0.05) is 56.5 Å². The first-order chi connectivity index (χ1) is 21.3. The Balaban J connectivity index is 1.29. The van der Waals surface area contributed by atoms with E-state index in [2.05, 4.69) is 108 Å². The van der Waals surface area contributed by atoms with Crippen LogP contribution in [0.1, 0.15) is 0 Å². The third-order valence-electron chi connectivity index (χ3n) is 9.10. The fourth-order valence-corrected chi connectivity index (χ4v) is 9.58. The summed E-state index contributed by atoms with van der Waals surface area (Å²) in [4.78, 5) is 10.4. The molecule has 0 N–H and O–H groups in total. The lowest BCUT2D eigenvalue weighted by Crippen LogP contribution is -1.89. The summed E-state index contributed by atoms with van der Waals surface area (Å²) in [6, 6.07) is 41.9. The van der Waals surface area contributed by atoms with Gasteiger partial charge in [-0.1, -0.05) is 66.7 Å². The average molecular weight is 582 g/mol. The van der Waals surface area contributed by atoms with Gasteiger partial charge in [-0.05, 0) is 59.7 Å². The lowest BCUT2D eigenvalue weighted by atomic mass is 10.00. The Morgan fingerprint density at radius 1 is 0.488 bits per heavy atom. The average Bonchev–Trinajstić information content (AvgIpc) is 3.79. The highest BCUT2D eigenvalue weighted by Crippen LogP contribution is 2.48. The van der Waals surface area contributed by atoms with E-state index < -0.39 is 0 Å². The van der Waals surface area contributed by atoms with Crippen molar-refractivity contribution < 1.29 is 0 Å². The van der Waals surface area contributed by atoms with Gasteiger partial charge >= 0.3 is 0 Å². The number of rotatable bonds is 1. The Bertz CT molecular complexity index is 2960. The monoisotopic (exact) mass is 581 g/mol. The van der Waals surface area contributed by atoms with E-state index in [0.717, 1.165) is 22.2 Å². The normalized spacial score (nSPS) is 12.7. The van der Waals surface area contributed by atoms with Gasteiger partial charge in [-0.3, -0.25) is 4.40 Å². The Kier molecular flexibility index (Phi) is 4.10. The van der Waals surface area contributed by atoms with Crippen molar-refractivity contribution in [1.82, 2.24) is 14.4 Å². The van der Waals surface area contributed by atoms with Crippen molar-refractivity contribution in [1.29, 1.82) is 0 Å². The summed E-state index contributed by atoms with van der Waals surface area (Å²) in [7, 11) is 0. The van der Waals surface area contributed by atoms with Crippen LogP contribution >= 0.6 is 22.7 Å². The first-order valence-electron chi connectivity index (χ1n) is 14.4. The van der Waals surface area contributed by atoms with E-state index in [1.165, 1.54) is 78.7 Å². The lowest BCUT2D eigenvalue weighted by molar-refractivity contribution is 1.28. The molecule has 6 aromatic carbocycles. The molecule has 0 aliphatic rings. The standard InChI is InChI=1S/C38H19N3S2/c1-5-11-31-22(7-1)24-15-13-21(18-33(24)42-31)20-14-16-30-26(17-20)34-36-27(19-25-23-8-2-6-12-32(23)43-37(25)34)35-38(41(30)36)40-29-10-4-3-9-28(29)39-35/h1-19H. The highest BCUT2D eigenvalue weighted by atomic mass is 32.1. The highest BCUT2D eigenvalue weighted by molar-refractivity contribution is 7.27. The van der Waals surface area contributed by atoms with Crippen LogP contribution in [0.4, 0.5) is 0 Å². The number of hydrogen-bond donors (Lipinski definition) is 0. The minimum absolute atomic E-state index is 0.921. The number of benzene rings is 6. The predicted molar refractivity (Wildman–Crippen MR) is 185 cm³/mol. The van der Waals surface area contributed by atoms with Gasteiger partial charge in [0.1, 0.15) is 5.52 Å². The van der Waals surface area contributed by atoms with Gasteiger partial charge in [0.05, 0.1) is 22.1 Å². The van der Waals surface area contributed by atoms with Crippen LogP contribution in [0.15, 0.2) is 115 Å². The fourth-order valence-electron chi connectivity index (χ4n) is 7.20. The number of aromatic nitrogens is 3. The minimum atomic E-state index is 0.921. The summed E-state index contributed by atoms with van der Waals surface area (Å²) in [5.41, 5.74) is 8.62. The molecule has 5 aromatic heterocycles. The molecule has 198 valence electrons. The summed E-state index contributed by atoms with van der Waals surface area (Å²) in [6.45, 7) is 0. The molecule has 0 unspecified atom stereocenters. The number of fused-ring (bicyclic) bond motifs is 14. The Morgan fingerprint density at radius 2 is 1.16 bits per heavy atom. The third kappa shape index (κ3) is 2.84. The molecular formula is C38H19N3S2. The Labute approximate surface area is 252 Å². The van der Waals surface area contributed by atoms with Crippen molar-refractivity contribution in [3.8, 4) is 11.1 Å². The van der Waals surface area contributed by atoms with Crippen LogP contribution < -0.4 is 0 Å². The van der Waals surface area contributed by atoms with Gasteiger partial charge in [0.2, 0.25) is 0 Å². The molecule has 0 aliphatic heterocycles. The molecule has 5 heteroatoms. The summed E-state index contributed by atoms with van der Waals surface area (Å²) in [5.74, 6) is 0. The van der Waals surface area contributed by atoms with Gasteiger partial charge in [0.25, 0.3) is 0 Å². The van der Waals surface area contributed by atoms with Gasteiger partial charge in [-0.25, -0.2) is 9.97 Å². The summed E-state index contributed by atoms with van der Waals surface area (Å²) in [5, 5.41) is 9.00. The van der Waals surface area contributed by atoms with Crippen LogP contribution in [0.3, 0.4) is 0 Å². The van der Waals surface area contributed by atoms with Crippen molar-refractivity contribution in [3.63, 3.8) is 0 Å². The SMILES string of the molecule is c1ccc2nc3c(nc2c1)c1cc2c4ccccc4sc2c2c4cc(-c5ccc6c(c5)sc5ccccc56)ccc4n3c12. The molecule has 5 heterocycles. The zero-order chi connectivity index (χ0) is 27.8.